The zero-order valence-electron chi connectivity index (χ0n) is 15.9. The molecule has 126 valence electrons. The Bertz CT molecular complexity index is 292. The summed E-state index contributed by atoms with van der Waals surface area (Å²) >= 11 is 0. The molecule has 1 saturated carbocycles. The van der Waals surface area contributed by atoms with Crippen LogP contribution in [-0.2, 0) is 0 Å². The van der Waals surface area contributed by atoms with E-state index in [4.69, 9.17) is 0 Å². The number of rotatable bonds is 6. The molecule has 0 spiro atoms. The molecule has 4 atom stereocenters. The van der Waals surface area contributed by atoms with Gasteiger partial charge in [0.2, 0.25) is 0 Å². The standard InChI is InChI=1S/C19H40N2/c1-9-12-20-17-11-10-16(14(2)3)13-18(17)21(8)15(4)19(5,6)7/h14-18,20H,9-13H2,1-8H3. The smallest absolute Gasteiger partial charge is 0.0252 e. The molecule has 0 aromatic carbocycles. The van der Waals surface area contributed by atoms with Crippen LogP contribution in [-0.4, -0.2) is 36.6 Å². The zero-order chi connectivity index (χ0) is 16.2. The van der Waals surface area contributed by atoms with Crippen LogP contribution in [0.5, 0.6) is 0 Å². The fourth-order valence-corrected chi connectivity index (χ4v) is 3.70. The van der Waals surface area contributed by atoms with Crippen LogP contribution in [0.3, 0.4) is 0 Å². The van der Waals surface area contributed by atoms with Gasteiger partial charge in [0.1, 0.15) is 0 Å². The highest BCUT2D eigenvalue weighted by molar-refractivity contribution is 4.94. The van der Waals surface area contributed by atoms with Gasteiger partial charge in [0.25, 0.3) is 0 Å². The summed E-state index contributed by atoms with van der Waals surface area (Å²) in [7, 11) is 2.35. The van der Waals surface area contributed by atoms with Gasteiger partial charge in [-0.25, -0.2) is 0 Å². The van der Waals surface area contributed by atoms with E-state index in [1.807, 2.05) is 0 Å². The van der Waals surface area contributed by atoms with Gasteiger partial charge in [0, 0.05) is 18.1 Å². The van der Waals surface area contributed by atoms with Crippen LogP contribution in [0.15, 0.2) is 0 Å². The first kappa shape index (κ1) is 19.0. The van der Waals surface area contributed by atoms with E-state index < -0.39 is 0 Å². The molecule has 0 saturated heterocycles. The fourth-order valence-electron chi connectivity index (χ4n) is 3.70. The van der Waals surface area contributed by atoms with Crippen molar-refractivity contribution in [3.8, 4) is 0 Å². The average Bonchev–Trinajstić information content (AvgIpc) is 2.42. The SMILES string of the molecule is CCCNC1CCC(C(C)C)CC1N(C)C(C)C(C)(C)C. The van der Waals surface area contributed by atoms with E-state index >= 15 is 0 Å². The first-order valence-electron chi connectivity index (χ1n) is 9.13. The summed E-state index contributed by atoms with van der Waals surface area (Å²) in [6, 6.07) is 1.97. The topological polar surface area (TPSA) is 15.3 Å². The second-order valence-electron chi connectivity index (χ2n) is 8.65. The van der Waals surface area contributed by atoms with Gasteiger partial charge in [0.15, 0.2) is 0 Å². The molecule has 21 heavy (non-hydrogen) atoms. The molecule has 2 nitrogen and oxygen atoms in total. The van der Waals surface area contributed by atoms with Crippen LogP contribution >= 0.6 is 0 Å². The second kappa shape index (κ2) is 7.97. The summed E-state index contributed by atoms with van der Waals surface area (Å²) < 4.78 is 0. The Labute approximate surface area is 134 Å². The van der Waals surface area contributed by atoms with Gasteiger partial charge in [-0.15, -0.1) is 0 Å². The molecule has 0 bridgehead atoms. The minimum atomic E-state index is 0.342. The largest absolute Gasteiger partial charge is 0.312 e. The minimum absolute atomic E-state index is 0.342. The molecule has 4 unspecified atom stereocenters. The minimum Gasteiger partial charge on any atom is -0.312 e. The van der Waals surface area contributed by atoms with Gasteiger partial charge in [0.05, 0.1) is 0 Å². The number of likely N-dealkylation sites (N-methyl/N-ethyl adjacent to an activating group) is 1. The molecule has 0 aromatic rings. The van der Waals surface area contributed by atoms with Crippen molar-refractivity contribution in [1.82, 2.24) is 10.2 Å². The third-order valence-corrected chi connectivity index (χ3v) is 5.84. The molecule has 0 aromatic heterocycles. The number of hydrogen-bond donors (Lipinski definition) is 1. The summed E-state index contributed by atoms with van der Waals surface area (Å²) in [4.78, 5) is 2.67. The molecular formula is C19H40N2. The lowest BCUT2D eigenvalue weighted by Crippen LogP contribution is -2.57. The van der Waals surface area contributed by atoms with E-state index in [0.717, 1.165) is 18.4 Å². The summed E-state index contributed by atoms with van der Waals surface area (Å²) in [5.74, 6) is 1.71. The predicted octanol–water partition coefficient (Wildman–Crippen LogP) is 4.55. The molecule has 1 fully saturated rings. The van der Waals surface area contributed by atoms with Crippen LogP contribution in [0.2, 0.25) is 0 Å². The van der Waals surface area contributed by atoms with Crippen molar-refractivity contribution in [1.29, 1.82) is 0 Å². The Morgan fingerprint density at radius 3 is 2.24 bits per heavy atom. The lowest BCUT2D eigenvalue weighted by molar-refractivity contribution is 0.0371. The number of nitrogens with zero attached hydrogens (tertiary/aromatic N) is 1. The number of nitrogens with one attached hydrogen (secondary N) is 1. The van der Waals surface area contributed by atoms with Gasteiger partial charge >= 0.3 is 0 Å². The monoisotopic (exact) mass is 296 g/mol. The summed E-state index contributed by atoms with van der Waals surface area (Å²) in [5.41, 5.74) is 0.342. The van der Waals surface area contributed by atoms with Crippen molar-refractivity contribution in [2.45, 2.75) is 92.3 Å². The van der Waals surface area contributed by atoms with Gasteiger partial charge in [-0.05, 0) is 63.5 Å². The highest BCUT2D eigenvalue weighted by Crippen LogP contribution is 2.35. The lowest BCUT2D eigenvalue weighted by atomic mass is 9.75. The maximum atomic E-state index is 3.83. The van der Waals surface area contributed by atoms with Gasteiger partial charge in [-0.2, -0.15) is 0 Å². The second-order valence-corrected chi connectivity index (χ2v) is 8.65. The van der Waals surface area contributed by atoms with E-state index in [1.165, 1.54) is 25.7 Å². The van der Waals surface area contributed by atoms with Crippen molar-refractivity contribution >= 4 is 0 Å². The van der Waals surface area contributed by atoms with Crippen molar-refractivity contribution in [2.24, 2.45) is 17.3 Å². The maximum absolute atomic E-state index is 3.83. The molecule has 2 heteroatoms. The average molecular weight is 297 g/mol. The lowest BCUT2D eigenvalue weighted by Gasteiger charge is -2.47. The van der Waals surface area contributed by atoms with Crippen LogP contribution in [0.4, 0.5) is 0 Å². The highest BCUT2D eigenvalue weighted by atomic mass is 15.2. The van der Waals surface area contributed by atoms with Crippen molar-refractivity contribution in [3.05, 3.63) is 0 Å². The molecule has 0 radical (unpaired) electrons. The normalized spacial score (nSPS) is 29.1. The summed E-state index contributed by atoms with van der Waals surface area (Å²) in [6.07, 6.45) is 5.33. The molecule has 1 aliphatic rings. The van der Waals surface area contributed by atoms with Crippen LogP contribution < -0.4 is 5.32 Å². The quantitative estimate of drug-likeness (QED) is 0.774. The van der Waals surface area contributed by atoms with Crippen molar-refractivity contribution in [3.63, 3.8) is 0 Å². The predicted molar refractivity (Wildman–Crippen MR) is 94.7 cm³/mol. The third kappa shape index (κ3) is 5.25. The van der Waals surface area contributed by atoms with Crippen molar-refractivity contribution < 1.29 is 0 Å². The summed E-state index contributed by atoms with van der Waals surface area (Å²) in [5, 5.41) is 3.83. The summed E-state index contributed by atoms with van der Waals surface area (Å²) in [6.45, 7) is 17.7. The van der Waals surface area contributed by atoms with Crippen LogP contribution in [0.25, 0.3) is 0 Å². The highest BCUT2D eigenvalue weighted by Gasteiger charge is 2.37. The molecule has 1 aliphatic carbocycles. The van der Waals surface area contributed by atoms with E-state index in [0.29, 0.717) is 23.5 Å². The third-order valence-electron chi connectivity index (χ3n) is 5.84. The Balaban J connectivity index is 2.81. The molecule has 0 amide bonds. The Kier molecular flexibility index (Phi) is 7.19. The molecule has 0 aliphatic heterocycles. The molecule has 0 heterocycles. The van der Waals surface area contributed by atoms with Gasteiger partial charge in [-0.3, -0.25) is 4.90 Å². The van der Waals surface area contributed by atoms with Gasteiger partial charge in [-0.1, -0.05) is 41.5 Å². The molecule has 1 N–H and O–H groups in total. The molecule has 1 rings (SSSR count). The van der Waals surface area contributed by atoms with E-state index in [-0.39, 0.29) is 0 Å². The zero-order valence-corrected chi connectivity index (χ0v) is 15.9. The maximum Gasteiger partial charge on any atom is 0.0252 e. The van der Waals surface area contributed by atoms with Crippen molar-refractivity contribution in [2.75, 3.05) is 13.6 Å². The molecular weight excluding hydrogens is 256 g/mol. The number of hydrogen-bond acceptors (Lipinski definition) is 2. The Morgan fingerprint density at radius 2 is 1.76 bits per heavy atom. The van der Waals surface area contributed by atoms with E-state index in [9.17, 15) is 0 Å². The Hall–Kier alpha value is -0.0800. The van der Waals surface area contributed by atoms with Crippen LogP contribution in [0.1, 0.15) is 74.1 Å². The van der Waals surface area contributed by atoms with Crippen LogP contribution in [0, 0.1) is 17.3 Å². The first-order valence-corrected chi connectivity index (χ1v) is 9.13. The van der Waals surface area contributed by atoms with E-state index in [1.54, 1.807) is 0 Å². The van der Waals surface area contributed by atoms with Gasteiger partial charge < -0.3 is 5.32 Å². The van der Waals surface area contributed by atoms with E-state index in [2.05, 4.69) is 65.7 Å². The Morgan fingerprint density at radius 1 is 1.14 bits per heavy atom. The fraction of sp³-hybridized carbons (Fsp3) is 1.00. The first-order chi connectivity index (χ1) is 9.68.